The SMILES string of the molecule is COc1ccccc1-c1c(F)c(F)c(NC(=O)c2ccsc2C(=O)O)c(F)c1F. The number of benzene rings is 2. The van der Waals surface area contributed by atoms with Gasteiger partial charge in [-0.3, -0.25) is 4.79 Å². The highest BCUT2D eigenvalue weighted by Gasteiger charge is 2.29. The quantitative estimate of drug-likeness (QED) is 0.449. The molecule has 0 atom stereocenters. The second-order valence-electron chi connectivity index (χ2n) is 5.63. The van der Waals surface area contributed by atoms with Crippen LogP contribution in [0.3, 0.4) is 0 Å². The largest absolute Gasteiger partial charge is 0.496 e. The normalized spacial score (nSPS) is 10.7. The van der Waals surface area contributed by atoms with Crippen molar-refractivity contribution in [2.45, 2.75) is 0 Å². The fourth-order valence-electron chi connectivity index (χ4n) is 2.66. The highest BCUT2D eigenvalue weighted by atomic mass is 32.1. The average Bonchev–Trinajstić information content (AvgIpc) is 3.20. The molecular weight excluding hydrogens is 414 g/mol. The minimum atomic E-state index is -1.84. The topological polar surface area (TPSA) is 75.6 Å². The van der Waals surface area contributed by atoms with E-state index in [1.54, 1.807) is 5.32 Å². The summed E-state index contributed by atoms with van der Waals surface area (Å²) >= 11 is 0.705. The Labute approximate surface area is 165 Å². The van der Waals surface area contributed by atoms with Gasteiger partial charge in [-0.1, -0.05) is 18.2 Å². The van der Waals surface area contributed by atoms with Gasteiger partial charge in [-0.2, -0.15) is 0 Å². The smallest absolute Gasteiger partial charge is 0.346 e. The third-order valence-electron chi connectivity index (χ3n) is 3.98. The van der Waals surface area contributed by atoms with Gasteiger partial charge in [0.1, 0.15) is 16.3 Å². The molecular formula is C19H11F4NO4S. The standard InChI is InChI=1S/C19H11F4NO4S/c1-28-10-5-3-2-4-8(10)11-12(20)14(22)16(15(23)13(11)21)24-18(25)9-6-7-29-17(9)19(26)27/h2-7H,1H3,(H,24,25)(H,26,27). The molecule has 0 unspecified atom stereocenters. The number of aromatic carboxylic acids is 1. The van der Waals surface area contributed by atoms with Crippen molar-refractivity contribution in [2.75, 3.05) is 12.4 Å². The van der Waals surface area contributed by atoms with Crippen LogP contribution in [0.5, 0.6) is 5.75 Å². The van der Waals surface area contributed by atoms with Crippen LogP contribution in [0.4, 0.5) is 23.2 Å². The predicted molar refractivity (Wildman–Crippen MR) is 97.5 cm³/mol. The maximum Gasteiger partial charge on any atom is 0.346 e. The highest BCUT2D eigenvalue weighted by molar-refractivity contribution is 7.12. The molecule has 1 heterocycles. The minimum Gasteiger partial charge on any atom is -0.496 e. The molecule has 1 aromatic heterocycles. The Balaban J connectivity index is 2.10. The first kappa shape index (κ1) is 20.3. The molecule has 0 aliphatic carbocycles. The number of hydrogen-bond donors (Lipinski definition) is 2. The number of para-hydroxylation sites is 1. The first-order valence-electron chi connectivity index (χ1n) is 7.89. The van der Waals surface area contributed by atoms with Crippen molar-refractivity contribution in [3.05, 3.63) is 69.4 Å². The van der Waals surface area contributed by atoms with Crippen molar-refractivity contribution < 1.29 is 37.0 Å². The zero-order chi connectivity index (χ0) is 21.3. The molecule has 0 saturated heterocycles. The van der Waals surface area contributed by atoms with Crippen LogP contribution < -0.4 is 10.1 Å². The molecule has 10 heteroatoms. The summed E-state index contributed by atoms with van der Waals surface area (Å²) in [7, 11) is 1.22. The summed E-state index contributed by atoms with van der Waals surface area (Å²) in [5.74, 6) is -9.86. The first-order valence-corrected chi connectivity index (χ1v) is 8.77. The Morgan fingerprint density at radius 3 is 2.21 bits per heavy atom. The van der Waals surface area contributed by atoms with E-state index in [1.807, 2.05) is 0 Å². The molecule has 5 nitrogen and oxygen atoms in total. The van der Waals surface area contributed by atoms with E-state index in [2.05, 4.69) is 0 Å². The Kier molecular flexibility index (Phi) is 5.55. The van der Waals surface area contributed by atoms with Gasteiger partial charge in [-0.15, -0.1) is 11.3 Å². The highest BCUT2D eigenvalue weighted by Crippen LogP contribution is 2.38. The zero-order valence-electron chi connectivity index (χ0n) is 14.6. The second-order valence-corrected chi connectivity index (χ2v) is 6.55. The summed E-state index contributed by atoms with van der Waals surface area (Å²) < 4.78 is 63.3. The molecule has 150 valence electrons. The van der Waals surface area contributed by atoms with Gasteiger partial charge in [0.25, 0.3) is 5.91 Å². The number of carbonyl (C=O) groups is 2. The molecule has 0 saturated carbocycles. The van der Waals surface area contributed by atoms with E-state index in [9.17, 15) is 27.2 Å². The maximum atomic E-state index is 14.6. The number of rotatable bonds is 5. The molecule has 1 amide bonds. The first-order chi connectivity index (χ1) is 13.8. The lowest BCUT2D eigenvalue weighted by molar-refractivity contribution is 0.0698. The summed E-state index contributed by atoms with van der Waals surface area (Å²) in [6, 6.07) is 6.56. The number of carbonyl (C=O) groups excluding carboxylic acids is 1. The van der Waals surface area contributed by atoms with Crippen LogP contribution in [0, 0.1) is 23.3 Å². The van der Waals surface area contributed by atoms with Crippen LogP contribution in [-0.4, -0.2) is 24.1 Å². The van der Waals surface area contributed by atoms with Gasteiger partial charge in [0.2, 0.25) is 0 Å². The number of carboxylic acid groups (broad SMARTS) is 1. The number of thiophene rings is 1. The molecule has 0 spiro atoms. The van der Waals surface area contributed by atoms with Gasteiger partial charge < -0.3 is 15.2 Å². The van der Waals surface area contributed by atoms with Gasteiger partial charge in [0.15, 0.2) is 23.3 Å². The molecule has 29 heavy (non-hydrogen) atoms. The molecule has 3 rings (SSSR count). The Bertz CT molecular complexity index is 1100. The van der Waals surface area contributed by atoms with E-state index in [0.29, 0.717) is 11.3 Å². The number of anilines is 1. The summed E-state index contributed by atoms with van der Waals surface area (Å²) in [5, 5.41) is 12.0. The van der Waals surface area contributed by atoms with Crippen LogP contribution in [0.1, 0.15) is 20.0 Å². The van der Waals surface area contributed by atoms with Crippen molar-refractivity contribution in [1.82, 2.24) is 0 Å². The number of amides is 1. The van der Waals surface area contributed by atoms with Crippen LogP contribution in [0.15, 0.2) is 35.7 Å². The molecule has 0 aliphatic heterocycles. The third kappa shape index (κ3) is 3.54. The van der Waals surface area contributed by atoms with Gasteiger partial charge in [-0.05, 0) is 17.5 Å². The van der Waals surface area contributed by atoms with Crippen molar-refractivity contribution >= 4 is 28.9 Å². The number of methoxy groups -OCH3 is 1. The monoisotopic (exact) mass is 425 g/mol. The van der Waals surface area contributed by atoms with Gasteiger partial charge in [0.05, 0.1) is 18.2 Å². The van der Waals surface area contributed by atoms with E-state index in [1.165, 1.54) is 36.8 Å². The summed E-state index contributed by atoms with van der Waals surface area (Å²) in [6.45, 7) is 0. The lowest BCUT2D eigenvalue weighted by Crippen LogP contribution is -2.18. The van der Waals surface area contributed by atoms with E-state index >= 15 is 0 Å². The minimum absolute atomic E-state index is 0.0229. The lowest BCUT2D eigenvalue weighted by Gasteiger charge is -2.15. The van der Waals surface area contributed by atoms with Crippen LogP contribution in [0.2, 0.25) is 0 Å². The molecule has 0 aliphatic rings. The van der Waals surface area contributed by atoms with Crippen molar-refractivity contribution in [3.8, 4) is 16.9 Å². The summed E-state index contributed by atoms with van der Waals surface area (Å²) in [6.07, 6.45) is 0. The molecule has 0 bridgehead atoms. The predicted octanol–water partition coefficient (Wildman–Crippen LogP) is 4.93. The van der Waals surface area contributed by atoms with Crippen LogP contribution >= 0.6 is 11.3 Å². The number of hydrogen-bond acceptors (Lipinski definition) is 4. The number of halogens is 4. The number of carboxylic acids is 1. The zero-order valence-corrected chi connectivity index (χ0v) is 15.4. The summed E-state index contributed by atoms with van der Waals surface area (Å²) in [4.78, 5) is 22.9. The Hall–Kier alpha value is -3.40. The van der Waals surface area contributed by atoms with Crippen molar-refractivity contribution in [3.63, 3.8) is 0 Å². The second kappa shape index (κ2) is 7.92. The van der Waals surface area contributed by atoms with Crippen LogP contribution in [0.25, 0.3) is 11.1 Å². The number of nitrogens with one attached hydrogen (secondary N) is 1. The Morgan fingerprint density at radius 1 is 1.00 bits per heavy atom. The van der Waals surface area contributed by atoms with E-state index in [4.69, 9.17) is 9.84 Å². The van der Waals surface area contributed by atoms with Gasteiger partial charge >= 0.3 is 5.97 Å². The maximum absolute atomic E-state index is 14.6. The summed E-state index contributed by atoms with van der Waals surface area (Å²) in [5.41, 5.74) is -3.01. The average molecular weight is 425 g/mol. The molecule has 0 fully saturated rings. The number of ether oxygens (including phenoxy) is 1. The Morgan fingerprint density at radius 2 is 1.62 bits per heavy atom. The fraction of sp³-hybridized carbons (Fsp3) is 0.0526. The van der Waals surface area contributed by atoms with Crippen molar-refractivity contribution in [2.24, 2.45) is 0 Å². The molecule has 3 aromatic rings. The molecule has 0 radical (unpaired) electrons. The van der Waals surface area contributed by atoms with E-state index < -0.39 is 56.8 Å². The van der Waals surface area contributed by atoms with Gasteiger partial charge in [0, 0.05) is 5.56 Å². The van der Waals surface area contributed by atoms with E-state index in [-0.39, 0.29) is 11.3 Å². The van der Waals surface area contributed by atoms with Crippen LogP contribution in [-0.2, 0) is 0 Å². The van der Waals surface area contributed by atoms with Gasteiger partial charge in [-0.25, -0.2) is 22.4 Å². The lowest BCUT2D eigenvalue weighted by atomic mass is 10.0. The third-order valence-corrected chi connectivity index (χ3v) is 4.88. The molecule has 2 N–H and O–H groups in total. The van der Waals surface area contributed by atoms with E-state index in [0.717, 1.165) is 6.07 Å². The van der Waals surface area contributed by atoms with Crippen molar-refractivity contribution in [1.29, 1.82) is 0 Å². The molecule has 2 aromatic carbocycles. The fourth-order valence-corrected chi connectivity index (χ4v) is 3.39.